The molecule has 2 unspecified atom stereocenters. The van der Waals surface area contributed by atoms with Crippen molar-refractivity contribution in [2.45, 2.75) is 36.0 Å². The van der Waals surface area contributed by atoms with Crippen molar-refractivity contribution in [2.75, 3.05) is 24.5 Å². The summed E-state index contributed by atoms with van der Waals surface area (Å²) in [5.41, 5.74) is 14.2. The van der Waals surface area contributed by atoms with Gasteiger partial charge in [-0.2, -0.15) is 4.89 Å². The number of halogens is 1. The Balaban J connectivity index is 1.44. The first-order valence-electron chi connectivity index (χ1n) is 14.8. The number of ether oxygens (including phenoxy) is 1. The topological polar surface area (TPSA) is 229 Å². The van der Waals surface area contributed by atoms with Gasteiger partial charge in [0.05, 0.1) is 31.7 Å². The molecule has 14 nitrogen and oxygen atoms in total. The van der Waals surface area contributed by atoms with Crippen LogP contribution < -0.4 is 21.7 Å². The normalized spacial score (nSPS) is 16.4. The fraction of sp³-hybridized carbons (Fsp3) is 0.258. The van der Waals surface area contributed by atoms with Gasteiger partial charge in [-0.05, 0) is 51.6 Å². The van der Waals surface area contributed by atoms with Crippen molar-refractivity contribution in [1.82, 2.24) is 10.2 Å². The molecular formula is C31H35FN5O9P2S2+. The van der Waals surface area contributed by atoms with Gasteiger partial charge in [0, 0.05) is 35.8 Å². The van der Waals surface area contributed by atoms with Crippen LogP contribution in [0, 0.1) is 5.82 Å². The summed E-state index contributed by atoms with van der Waals surface area (Å²) in [5, 5.41) is 9.68. The van der Waals surface area contributed by atoms with Gasteiger partial charge in [0.15, 0.2) is 0 Å². The monoisotopic (exact) mass is 766 g/mol. The summed E-state index contributed by atoms with van der Waals surface area (Å²) in [6.45, 7) is 2.16. The number of nitrogens with zero attached hydrogens (tertiary/aromatic N) is 2. The molecule has 3 aromatic carbocycles. The lowest BCUT2D eigenvalue weighted by molar-refractivity contribution is -0.119. The molecule has 2 amide bonds. The summed E-state index contributed by atoms with van der Waals surface area (Å²) in [7, 11) is -8.94. The van der Waals surface area contributed by atoms with Crippen molar-refractivity contribution in [3.8, 4) is 11.1 Å². The van der Waals surface area contributed by atoms with Gasteiger partial charge in [-0.3, -0.25) is 14.3 Å². The number of hydrogen-bond donors (Lipinski definition) is 7. The van der Waals surface area contributed by atoms with Crippen LogP contribution in [-0.4, -0.2) is 71.8 Å². The molecule has 0 saturated carbocycles. The van der Waals surface area contributed by atoms with E-state index in [9.17, 15) is 38.5 Å². The fourth-order valence-corrected chi connectivity index (χ4v) is 7.61. The molecule has 1 saturated heterocycles. The van der Waals surface area contributed by atoms with Crippen molar-refractivity contribution >= 4 is 61.6 Å². The van der Waals surface area contributed by atoms with Crippen molar-refractivity contribution in [2.24, 2.45) is 11.5 Å². The number of cyclic esters (lactones) is 1. The van der Waals surface area contributed by atoms with Crippen LogP contribution in [0.2, 0.25) is 0 Å². The van der Waals surface area contributed by atoms with Gasteiger partial charge in [-0.25, -0.2) is 9.18 Å². The van der Waals surface area contributed by atoms with E-state index in [0.717, 1.165) is 5.56 Å². The van der Waals surface area contributed by atoms with E-state index in [4.69, 9.17) is 28.4 Å². The Morgan fingerprint density at radius 3 is 2.40 bits per heavy atom. The van der Waals surface area contributed by atoms with Gasteiger partial charge >= 0.3 is 26.8 Å². The molecule has 1 fully saturated rings. The minimum atomic E-state index is -5.33. The summed E-state index contributed by atoms with van der Waals surface area (Å²) in [5.74, 6) is -0.797. The molecule has 0 aliphatic carbocycles. The Bertz CT molecular complexity index is 1850. The van der Waals surface area contributed by atoms with Crippen LogP contribution in [0.4, 0.5) is 14.9 Å². The Morgan fingerprint density at radius 1 is 1.20 bits per heavy atom. The van der Waals surface area contributed by atoms with Crippen molar-refractivity contribution < 1.29 is 47.6 Å². The van der Waals surface area contributed by atoms with Crippen molar-refractivity contribution in [3.05, 3.63) is 95.6 Å². The van der Waals surface area contributed by atoms with E-state index in [-0.39, 0.29) is 31.1 Å². The van der Waals surface area contributed by atoms with Crippen LogP contribution >= 0.6 is 39.6 Å². The standard InChI is InChI=1S/C31H34FN5O9P2S2/c1-19(38)35-15-25-18-37(29(39)46-25)24-8-11-27(28(32)12-24)22-6-2-21(3-7-22)16-36(17-23(34)14-33)30(49)50-26-9-4-20(5-10-26)13-31(40,47(41)42)48(43,44)45/h2-12,14,25,40H,13,15-18,33-34H2,1H3,(H3-,35,38,41,42,43,44,45)/p+1/b23-14-/t25-,31?/m0/s1. The zero-order valence-electron chi connectivity index (χ0n) is 26.5. The number of rotatable bonds is 13. The van der Waals surface area contributed by atoms with Gasteiger partial charge < -0.3 is 41.3 Å². The first-order valence-corrected chi connectivity index (χ1v) is 18.8. The third-order valence-corrected chi connectivity index (χ3v) is 12.1. The van der Waals surface area contributed by atoms with Gasteiger partial charge in [0.25, 0.3) is 0 Å². The maximum absolute atomic E-state index is 15.3. The Morgan fingerprint density at radius 2 is 1.84 bits per heavy atom. The van der Waals surface area contributed by atoms with Crippen LogP contribution in [-0.2, 0) is 31.6 Å². The zero-order chi connectivity index (χ0) is 36.8. The largest absolute Gasteiger partial charge is 0.555 e. The summed E-state index contributed by atoms with van der Waals surface area (Å²) in [6, 6.07) is 17.6. The molecule has 1 heterocycles. The first kappa shape index (κ1) is 38.9. The summed E-state index contributed by atoms with van der Waals surface area (Å²) in [4.78, 5) is 55.5. The molecule has 1 aliphatic rings. The highest BCUT2D eigenvalue weighted by atomic mass is 32.2. The quantitative estimate of drug-likeness (QED) is 0.0748. The zero-order valence-corrected chi connectivity index (χ0v) is 29.9. The number of carbonyl (C=O) groups excluding carboxylic acids is 2. The maximum Gasteiger partial charge on any atom is 0.555 e. The second-order valence-electron chi connectivity index (χ2n) is 11.3. The number of carbonyl (C=O) groups is 2. The second kappa shape index (κ2) is 16.4. The molecule has 3 atom stereocenters. The number of anilines is 1. The third kappa shape index (κ3) is 9.65. The number of nitrogens with two attached hydrogens (primary N) is 2. The number of benzene rings is 3. The van der Waals surface area contributed by atoms with Crippen molar-refractivity contribution in [1.29, 1.82) is 0 Å². The molecule has 0 radical (unpaired) electrons. The van der Waals surface area contributed by atoms with Gasteiger partial charge in [-0.15, -0.1) is 0 Å². The number of nitrogens with one attached hydrogen (secondary N) is 1. The van der Waals surface area contributed by atoms with E-state index >= 15 is 4.39 Å². The first-order chi connectivity index (χ1) is 23.5. The second-order valence-corrected chi connectivity index (χ2v) is 16.5. The molecule has 19 heteroatoms. The molecular weight excluding hydrogens is 731 g/mol. The lowest BCUT2D eigenvalue weighted by Gasteiger charge is -2.25. The lowest BCUT2D eigenvalue weighted by atomic mass is 10.0. The van der Waals surface area contributed by atoms with Gasteiger partial charge in [0.1, 0.15) is 16.2 Å². The SMILES string of the molecule is CC(=O)NC[C@H]1CN(c2ccc(-c3ccc(CN(C/C(N)=C/N)C(=S)Sc4ccc(CC(O)([P+](=O)O)P(=O)(O)O)cc4)cc3)c(F)c2)C(=O)O1. The molecule has 50 heavy (non-hydrogen) atoms. The highest BCUT2D eigenvalue weighted by Crippen LogP contribution is 2.61. The Hall–Kier alpha value is -3.92. The van der Waals surface area contributed by atoms with E-state index in [0.29, 0.717) is 38.3 Å². The molecule has 4 rings (SSSR count). The molecule has 9 N–H and O–H groups in total. The van der Waals surface area contributed by atoms with Crippen LogP contribution in [0.15, 0.2) is 83.5 Å². The van der Waals surface area contributed by atoms with Crippen molar-refractivity contribution in [3.63, 3.8) is 0 Å². The number of hydrogen-bond acceptors (Lipinski definition) is 10. The third-order valence-electron chi connectivity index (χ3n) is 7.54. The van der Waals surface area contributed by atoms with Crippen LogP contribution in [0.5, 0.6) is 0 Å². The summed E-state index contributed by atoms with van der Waals surface area (Å²) >= 11 is 6.88. The van der Waals surface area contributed by atoms with E-state index in [1.54, 1.807) is 53.4 Å². The smallest absolute Gasteiger partial charge is 0.442 e. The number of thioether (sulfide) groups is 1. The van der Waals surface area contributed by atoms with E-state index < -0.39 is 45.1 Å². The predicted octanol–water partition coefficient (Wildman–Crippen LogP) is 3.69. The predicted molar refractivity (Wildman–Crippen MR) is 190 cm³/mol. The Labute approximate surface area is 297 Å². The molecule has 0 aromatic heterocycles. The van der Waals surface area contributed by atoms with E-state index in [2.05, 4.69) is 5.32 Å². The average molecular weight is 767 g/mol. The number of thiocarbonyl (C=S) groups is 1. The van der Waals surface area contributed by atoms with Crippen LogP contribution in [0.1, 0.15) is 18.1 Å². The maximum atomic E-state index is 15.3. The Kier molecular flexibility index (Phi) is 12.8. The van der Waals surface area contributed by atoms with E-state index in [1.165, 1.54) is 48.0 Å². The minimum absolute atomic E-state index is 0.154. The average Bonchev–Trinajstić information content (AvgIpc) is 3.44. The van der Waals surface area contributed by atoms with Crippen LogP contribution in [0.25, 0.3) is 11.1 Å². The van der Waals surface area contributed by atoms with E-state index in [1.807, 2.05) is 0 Å². The molecule has 1 aliphatic heterocycles. The fourth-order valence-electron chi connectivity index (χ4n) is 4.87. The van der Waals surface area contributed by atoms with Crippen LogP contribution in [0.3, 0.4) is 0 Å². The summed E-state index contributed by atoms with van der Waals surface area (Å²) in [6.07, 6.45) is -0.681. The molecule has 3 aromatic rings. The number of amides is 2. The van der Waals surface area contributed by atoms with Gasteiger partial charge in [0.2, 0.25) is 5.91 Å². The molecule has 0 bridgehead atoms. The summed E-state index contributed by atoms with van der Waals surface area (Å²) < 4.78 is 44.2. The molecule has 266 valence electrons. The highest BCUT2D eigenvalue weighted by molar-refractivity contribution is 8.22. The van der Waals surface area contributed by atoms with Gasteiger partial charge in [-0.1, -0.05) is 60.4 Å². The number of aliphatic hydroxyl groups is 1. The highest BCUT2D eigenvalue weighted by Gasteiger charge is 2.62. The molecule has 0 spiro atoms. The minimum Gasteiger partial charge on any atom is -0.442 e. The lowest BCUT2D eigenvalue weighted by Crippen LogP contribution is -2.33.